The van der Waals surface area contributed by atoms with E-state index in [0.717, 1.165) is 35.9 Å². The Morgan fingerprint density at radius 1 is 1.21 bits per heavy atom. The van der Waals surface area contributed by atoms with Crippen molar-refractivity contribution in [3.05, 3.63) is 72.7 Å². The topological polar surface area (TPSA) is 55.2 Å². The summed E-state index contributed by atoms with van der Waals surface area (Å²) in [6, 6.07) is 10.6. The molecule has 1 aromatic heterocycles. The third-order valence-electron chi connectivity index (χ3n) is 4.45. The number of nitrogens with zero attached hydrogens (tertiary/aromatic N) is 2. The molecule has 5 heteroatoms. The number of benzene rings is 2. The van der Waals surface area contributed by atoms with E-state index in [9.17, 15) is 9.50 Å². The molecule has 4 nitrogen and oxygen atoms in total. The van der Waals surface area contributed by atoms with Crippen molar-refractivity contribution in [2.45, 2.75) is 32.3 Å². The van der Waals surface area contributed by atoms with Gasteiger partial charge in [-0.2, -0.15) is 0 Å². The monoisotopic (exact) mass is 392 g/mol. The molecular formula is C24H25FN2O2. The van der Waals surface area contributed by atoms with Gasteiger partial charge in [0.05, 0.1) is 29.0 Å². The largest absolute Gasteiger partial charge is 0.486 e. The third kappa shape index (κ3) is 5.72. The molecule has 0 bridgehead atoms. The summed E-state index contributed by atoms with van der Waals surface area (Å²) in [5, 5.41) is 9.29. The van der Waals surface area contributed by atoms with Gasteiger partial charge >= 0.3 is 0 Å². The Balaban J connectivity index is 1.74. The van der Waals surface area contributed by atoms with Crippen LogP contribution in [-0.4, -0.2) is 27.8 Å². The predicted molar refractivity (Wildman–Crippen MR) is 115 cm³/mol. The first-order valence-corrected chi connectivity index (χ1v) is 9.72. The first kappa shape index (κ1) is 20.7. The third-order valence-corrected chi connectivity index (χ3v) is 4.45. The summed E-state index contributed by atoms with van der Waals surface area (Å²) < 4.78 is 19.5. The van der Waals surface area contributed by atoms with Crippen LogP contribution in [0.3, 0.4) is 0 Å². The van der Waals surface area contributed by atoms with Gasteiger partial charge in [0.25, 0.3) is 0 Å². The zero-order chi connectivity index (χ0) is 20.6. The van der Waals surface area contributed by atoms with Gasteiger partial charge in [-0.15, -0.1) is 0 Å². The number of aliphatic hydroxyl groups is 1. The quantitative estimate of drug-likeness (QED) is 0.382. The Morgan fingerprint density at radius 3 is 2.83 bits per heavy atom. The standard InChI is InChI=1S/C24H25FN2O2/c1-3-13-29-24-12-10-19(15-20(24)25)23-16-26-22-14-18(9-11-21(22)27-23)8-6-4-5-7-17(2)28/h3,6,8-12,14-17,28H,1,4-5,7,13H2,2H3/b8-6+. The predicted octanol–water partition coefficient (Wildman–Crippen LogP) is 5.57. The summed E-state index contributed by atoms with van der Waals surface area (Å²) in [4.78, 5) is 9.10. The number of aromatic nitrogens is 2. The maximum atomic E-state index is 14.2. The van der Waals surface area contributed by atoms with Crippen LogP contribution in [0.1, 0.15) is 31.7 Å². The second-order valence-corrected chi connectivity index (χ2v) is 6.93. The SMILES string of the molecule is C=CCOc1ccc(-c2cnc3cc(/C=C/CCCC(C)O)ccc3n2)cc1F. The van der Waals surface area contributed by atoms with Gasteiger partial charge in [-0.3, -0.25) is 4.98 Å². The van der Waals surface area contributed by atoms with Gasteiger partial charge in [0, 0.05) is 5.56 Å². The number of fused-ring (bicyclic) bond motifs is 1. The molecule has 0 fully saturated rings. The zero-order valence-corrected chi connectivity index (χ0v) is 16.5. The van der Waals surface area contributed by atoms with Crippen LogP contribution in [0.2, 0.25) is 0 Å². The summed E-state index contributed by atoms with van der Waals surface area (Å²) in [6.45, 7) is 5.62. The van der Waals surface area contributed by atoms with Crippen LogP contribution in [0.15, 0.2) is 61.3 Å². The van der Waals surface area contributed by atoms with Crippen molar-refractivity contribution in [1.82, 2.24) is 9.97 Å². The molecule has 3 rings (SSSR count). The van der Waals surface area contributed by atoms with Crippen molar-refractivity contribution in [3.8, 4) is 17.0 Å². The number of unbranched alkanes of at least 4 members (excludes halogenated alkanes) is 1. The Morgan fingerprint density at radius 2 is 2.07 bits per heavy atom. The van der Waals surface area contributed by atoms with Gasteiger partial charge in [-0.1, -0.05) is 30.9 Å². The maximum Gasteiger partial charge on any atom is 0.165 e. The van der Waals surface area contributed by atoms with Crippen molar-refractivity contribution in [3.63, 3.8) is 0 Å². The minimum absolute atomic E-state index is 0.187. The molecule has 1 atom stereocenters. The summed E-state index contributed by atoms with van der Waals surface area (Å²) in [7, 11) is 0. The molecule has 1 N–H and O–H groups in total. The highest BCUT2D eigenvalue weighted by molar-refractivity contribution is 5.79. The average Bonchev–Trinajstić information content (AvgIpc) is 2.72. The molecule has 1 heterocycles. The van der Waals surface area contributed by atoms with E-state index in [4.69, 9.17) is 4.74 Å². The number of halogens is 1. The molecular weight excluding hydrogens is 367 g/mol. The van der Waals surface area contributed by atoms with Crippen molar-refractivity contribution >= 4 is 17.1 Å². The number of allylic oxidation sites excluding steroid dienone is 1. The van der Waals surface area contributed by atoms with E-state index < -0.39 is 5.82 Å². The lowest BCUT2D eigenvalue weighted by Gasteiger charge is -2.07. The minimum Gasteiger partial charge on any atom is -0.486 e. The lowest BCUT2D eigenvalue weighted by molar-refractivity contribution is 0.182. The molecule has 0 saturated heterocycles. The Hall–Kier alpha value is -3.05. The molecule has 0 amide bonds. The van der Waals surface area contributed by atoms with E-state index in [2.05, 4.69) is 28.7 Å². The molecule has 0 aliphatic heterocycles. The van der Waals surface area contributed by atoms with Crippen LogP contribution in [0, 0.1) is 5.82 Å². The van der Waals surface area contributed by atoms with Gasteiger partial charge in [0.15, 0.2) is 11.6 Å². The number of ether oxygens (including phenoxy) is 1. The molecule has 0 spiro atoms. The average molecular weight is 392 g/mol. The van der Waals surface area contributed by atoms with Crippen molar-refractivity contribution < 1.29 is 14.2 Å². The van der Waals surface area contributed by atoms with Gasteiger partial charge in [-0.25, -0.2) is 9.37 Å². The Bertz CT molecular complexity index is 1010. The van der Waals surface area contributed by atoms with E-state index >= 15 is 0 Å². The fourth-order valence-electron chi connectivity index (χ4n) is 2.95. The van der Waals surface area contributed by atoms with E-state index in [1.54, 1.807) is 31.3 Å². The molecule has 0 aliphatic rings. The van der Waals surface area contributed by atoms with Crippen molar-refractivity contribution in [2.75, 3.05) is 6.61 Å². The normalized spacial score (nSPS) is 12.4. The summed E-state index contributed by atoms with van der Waals surface area (Å²) in [5.41, 5.74) is 3.83. The number of aliphatic hydroxyl groups excluding tert-OH is 1. The highest BCUT2D eigenvalue weighted by atomic mass is 19.1. The van der Waals surface area contributed by atoms with E-state index in [1.807, 2.05) is 18.2 Å². The number of hydrogen-bond donors (Lipinski definition) is 1. The van der Waals surface area contributed by atoms with Crippen molar-refractivity contribution in [2.24, 2.45) is 0 Å². The van der Waals surface area contributed by atoms with Crippen LogP contribution in [0.4, 0.5) is 4.39 Å². The maximum absolute atomic E-state index is 14.2. The van der Waals surface area contributed by atoms with Crippen LogP contribution < -0.4 is 4.74 Å². The molecule has 3 aromatic rings. The molecule has 0 radical (unpaired) electrons. The molecule has 0 saturated carbocycles. The van der Waals surface area contributed by atoms with Gasteiger partial charge in [-0.05, 0) is 62.1 Å². The minimum atomic E-state index is -0.442. The van der Waals surface area contributed by atoms with E-state index in [-0.39, 0.29) is 18.5 Å². The summed E-state index contributed by atoms with van der Waals surface area (Å²) in [5.74, 6) is -0.255. The van der Waals surface area contributed by atoms with Crippen LogP contribution in [0.5, 0.6) is 5.75 Å². The highest BCUT2D eigenvalue weighted by Crippen LogP contribution is 2.25. The Kier molecular flexibility index (Phi) is 7.09. The smallest absolute Gasteiger partial charge is 0.165 e. The summed E-state index contributed by atoms with van der Waals surface area (Å²) in [6.07, 6.45) is 9.80. The fraction of sp³-hybridized carbons (Fsp3) is 0.250. The van der Waals surface area contributed by atoms with E-state index in [1.165, 1.54) is 6.07 Å². The van der Waals surface area contributed by atoms with E-state index in [0.29, 0.717) is 11.3 Å². The first-order valence-electron chi connectivity index (χ1n) is 9.72. The molecule has 1 unspecified atom stereocenters. The van der Waals surface area contributed by atoms with Crippen LogP contribution >= 0.6 is 0 Å². The zero-order valence-electron chi connectivity index (χ0n) is 16.5. The first-order chi connectivity index (χ1) is 14.1. The van der Waals surface area contributed by atoms with Gasteiger partial charge < -0.3 is 9.84 Å². The number of hydrogen-bond acceptors (Lipinski definition) is 4. The second kappa shape index (κ2) is 9.94. The van der Waals surface area contributed by atoms with Gasteiger partial charge in [0.1, 0.15) is 6.61 Å². The lowest BCUT2D eigenvalue weighted by Crippen LogP contribution is -1.97. The van der Waals surface area contributed by atoms with Crippen LogP contribution in [-0.2, 0) is 0 Å². The molecule has 0 aliphatic carbocycles. The molecule has 2 aromatic carbocycles. The van der Waals surface area contributed by atoms with Crippen molar-refractivity contribution in [1.29, 1.82) is 0 Å². The number of rotatable bonds is 9. The summed E-state index contributed by atoms with van der Waals surface area (Å²) >= 11 is 0. The highest BCUT2D eigenvalue weighted by Gasteiger charge is 2.08. The van der Waals surface area contributed by atoms with Gasteiger partial charge in [0.2, 0.25) is 0 Å². The molecule has 29 heavy (non-hydrogen) atoms. The van der Waals surface area contributed by atoms with Crippen LogP contribution in [0.25, 0.3) is 28.4 Å². The molecule has 150 valence electrons. The second-order valence-electron chi connectivity index (χ2n) is 6.93. The fourth-order valence-corrected chi connectivity index (χ4v) is 2.95. The lowest BCUT2D eigenvalue weighted by atomic mass is 10.1. The Labute approximate surface area is 170 Å².